The van der Waals surface area contributed by atoms with Crippen molar-refractivity contribution in [3.05, 3.63) is 39.6 Å². The number of hydrogen-bond donors (Lipinski definition) is 1. The van der Waals surface area contributed by atoms with E-state index in [2.05, 4.69) is 10.3 Å². The summed E-state index contributed by atoms with van der Waals surface area (Å²) in [4.78, 5) is 5.55. The summed E-state index contributed by atoms with van der Waals surface area (Å²) in [5.74, 6) is -0.289. The van der Waals surface area contributed by atoms with Gasteiger partial charge in [-0.25, -0.2) is 9.37 Å². The maximum absolute atomic E-state index is 13.7. The Bertz CT molecular complexity index is 554. The third kappa shape index (κ3) is 2.88. The summed E-state index contributed by atoms with van der Waals surface area (Å²) in [5.41, 5.74) is 1.41. The van der Waals surface area contributed by atoms with E-state index in [0.717, 1.165) is 23.7 Å². The van der Waals surface area contributed by atoms with Crippen LogP contribution >= 0.6 is 22.9 Å². The molecule has 18 heavy (non-hydrogen) atoms. The molecule has 96 valence electrons. The molecule has 0 spiro atoms. The van der Waals surface area contributed by atoms with Crippen LogP contribution in [0.5, 0.6) is 0 Å². The van der Waals surface area contributed by atoms with Gasteiger partial charge >= 0.3 is 0 Å². The van der Waals surface area contributed by atoms with E-state index in [0.29, 0.717) is 15.6 Å². The Morgan fingerprint density at radius 1 is 1.44 bits per heavy atom. The molecule has 0 radical (unpaired) electrons. The minimum absolute atomic E-state index is 0.289. The Morgan fingerprint density at radius 3 is 2.94 bits per heavy atom. The molecule has 1 aromatic carbocycles. The number of thiazole rings is 1. The highest BCUT2D eigenvalue weighted by Gasteiger charge is 2.13. The maximum atomic E-state index is 13.7. The first-order chi connectivity index (χ1) is 8.61. The number of hydrogen-bond acceptors (Lipinski definition) is 3. The molecule has 2 nitrogen and oxygen atoms in total. The molecular weight excluding hydrogens is 271 g/mol. The molecule has 0 fully saturated rings. The van der Waals surface area contributed by atoms with E-state index in [-0.39, 0.29) is 5.82 Å². The highest BCUT2D eigenvalue weighted by atomic mass is 35.5. The fraction of sp³-hybridized carbons (Fsp3) is 0.308. The molecule has 2 aromatic rings. The van der Waals surface area contributed by atoms with Crippen LogP contribution in [0.3, 0.4) is 0 Å². The molecule has 0 aliphatic heterocycles. The van der Waals surface area contributed by atoms with Crippen LogP contribution in [-0.2, 0) is 6.54 Å². The minimum atomic E-state index is -0.289. The fourth-order valence-electron chi connectivity index (χ4n) is 1.61. The molecule has 0 unspecified atom stereocenters. The molecule has 0 saturated carbocycles. The highest BCUT2D eigenvalue weighted by Crippen LogP contribution is 2.31. The molecule has 0 bridgehead atoms. The van der Waals surface area contributed by atoms with Crippen molar-refractivity contribution < 1.29 is 4.39 Å². The zero-order chi connectivity index (χ0) is 13.1. The summed E-state index contributed by atoms with van der Waals surface area (Å²) in [6.07, 6.45) is 0. The van der Waals surface area contributed by atoms with Gasteiger partial charge in [0.15, 0.2) is 0 Å². The van der Waals surface area contributed by atoms with Crippen molar-refractivity contribution in [3.63, 3.8) is 0 Å². The average Bonchev–Trinajstić information content (AvgIpc) is 2.71. The van der Waals surface area contributed by atoms with E-state index in [1.54, 1.807) is 12.1 Å². The van der Waals surface area contributed by atoms with Crippen LogP contribution in [-0.4, -0.2) is 11.5 Å². The second-order valence-corrected chi connectivity index (χ2v) is 5.45. The first-order valence-corrected chi connectivity index (χ1v) is 6.93. The zero-order valence-corrected chi connectivity index (χ0v) is 11.8. The minimum Gasteiger partial charge on any atom is -0.312 e. The van der Waals surface area contributed by atoms with Crippen LogP contribution in [0.15, 0.2) is 18.2 Å². The van der Waals surface area contributed by atoms with Crippen LogP contribution in [0, 0.1) is 12.7 Å². The number of halogens is 2. The van der Waals surface area contributed by atoms with Crippen molar-refractivity contribution in [2.45, 2.75) is 20.4 Å². The topological polar surface area (TPSA) is 24.9 Å². The molecule has 1 N–H and O–H groups in total. The molecule has 0 atom stereocenters. The second kappa shape index (κ2) is 5.78. The molecule has 0 amide bonds. The summed E-state index contributed by atoms with van der Waals surface area (Å²) in [5, 5.41) is 4.45. The second-order valence-electron chi connectivity index (χ2n) is 3.93. The van der Waals surface area contributed by atoms with Crippen molar-refractivity contribution in [2.24, 2.45) is 0 Å². The van der Waals surface area contributed by atoms with E-state index >= 15 is 0 Å². The number of aromatic nitrogens is 1. The van der Waals surface area contributed by atoms with Crippen LogP contribution in [0.4, 0.5) is 4.39 Å². The molecule has 2 rings (SSSR count). The first kappa shape index (κ1) is 13.5. The van der Waals surface area contributed by atoms with Gasteiger partial charge in [0.1, 0.15) is 10.8 Å². The fourth-order valence-corrected chi connectivity index (χ4v) is 2.83. The number of nitrogens with one attached hydrogen (secondary N) is 1. The standard InChI is InChI=1S/C13H14ClFN2S/c1-3-16-7-12-8(2)17-13(18-12)10-6-9(14)4-5-11(10)15/h4-6,16H,3,7H2,1-2H3. The molecule has 5 heteroatoms. The van der Waals surface area contributed by atoms with Gasteiger partial charge in [-0.3, -0.25) is 0 Å². The van der Waals surface area contributed by atoms with Crippen LogP contribution in [0.25, 0.3) is 10.6 Å². The first-order valence-electron chi connectivity index (χ1n) is 5.74. The molecule has 1 aromatic heterocycles. The van der Waals surface area contributed by atoms with E-state index in [4.69, 9.17) is 11.6 Å². The third-order valence-corrected chi connectivity index (χ3v) is 4.01. The Kier molecular flexibility index (Phi) is 4.32. The van der Waals surface area contributed by atoms with E-state index in [1.807, 2.05) is 13.8 Å². The summed E-state index contributed by atoms with van der Waals surface area (Å²) >= 11 is 7.40. The van der Waals surface area contributed by atoms with Gasteiger partial charge in [0.25, 0.3) is 0 Å². The van der Waals surface area contributed by atoms with Crippen molar-refractivity contribution in [3.8, 4) is 10.6 Å². The SMILES string of the molecule is CCNCc1sc(-c2cc(Cl)ccc2F)nc1C. The van der Waals surface area contributed by atoms with Gasteiger partial charge in [0, 0.05) is 22.0 Å². The van der Waals surface area contributed by atoms with Gasteiger partial charge in [-0.05, 0) is 31.7 Å². The van der Waals surface area contributed by atoms with Gasteiger partial charge in [0.05, 0.1) is 5.69 Å². The van der Waals surface area contributed by atoms with Gasteiger partial charge in [-0.15, -0.1) is 11.3 Å². The van der Waals surface area contributed by atoms with Gasteiger partial charge in [-0.1, -0.05) is 18.5 Å². The quantitative estimate of drug-likeness (QED) is 0.917. The number of nitrogens with zero attached hydrogens (tertiary/aromatic N) is 1. The predicted molar refractivity (Wildman–Crippen MR) is 74.6 cm³/mol. The van der Waals surface area contributed by atoms with Crippen molar-refractivity contribution in [1.82, 2.24) is 10.3 Å². The highest BCUT2D eigenvalue weighted by molar-refractivity contribution is 7.15. The molecular formula is C13H14ClFN2S. The molecule has 0 aliphatic rings. The summed E-state index contributed by atoms with van der Waals surface area (Å²) in [6, 6.07) is 4.53. The Morgan fingerprint density at radius 2 is 2.22 bits per heavy atom. The lowest BCUT2D eigenvalue weighted by Gasteiger charge is -1.99. The third-order valence-electron chi connectivity index (χ3n) is 2.59. The number of rotatable bonds is 4. The van der Waals surface area contributed by atoms with Crippen molar-refractivity contribution >= 4 is 22.9 Å². The van der Waals surface area contributed by atoms with Crippen molar-refractivity contribution in [1.29, 1.82) is 0 Å². The smallest absolute Gasteiger partial charge is 0.133 e. The van der Waals surface area contributed by atoms with Gasteiger partial charge in [0.2, 0.25) is 0 Å². The largest absolute Gasteiger partial charge is 0.312 e. The molecule has 0 aliphatic carbocycles. The Balaban J connectivity index is 2.36. The summed E-state index contributed by atoms with van der Waals surface area (Å²) < 4.78 is 13.7. The Hall–Kier alpha value is -0.970. The van der Waals surface area contributed by atoms with Crippen LogP contribution in [0.2, 0.25) is 5.02 Å². The summed E-state index contributed by atoms with van der Waals surface area (Å²) in [6.45, 7) is 5.66. The van der Waals surface area contributed by atoms with Crippen molar-refractivity contribution in [2.75, 3.05) is 6.54 Å². The van der Waals surface area contributed by atoms with Crippen LogP contribution in [0.1, 0.15) is 17.5 Å². The molecule has 1 heterocycles. The lowest BCUT2D eigenvalue weighted by atomic mass is 10.2. The van der Waals surface area contributed by atoms with E-state index in [9.17, 15) is 4.39 Å². The predicted octanol–water partition coefficient (Wildman–Crippen LogP) is 4.02. The summed E-state index contributed by atoms with van der Waals surface area (Å²) in [7, 11) is 0. The lowest BCUT2D eigenvalue weighted by Crippen LogP contribution is -2.11. The zero-order valence-electron chi connectivity index (χ0n) is 10.3. The number of aryl methyl sites for hydroxylation is 1. The van der Waals surface area contributed by atoms with Gasteiger partial charge < -0.3 is 5.32 Å². The normalized spacial score (nSPS) is 10.9. The number of benzene rings is 1. The molecule has 0 saturated heterocycles. The maximum Gasteiger partial charge on any atom is 0.133 e. The average molecular weight is 285 g/mol. The van der Waals surface area contributed by atoms with E-state index < -0.39 is 0 Å². The van der Waals surface area contributed by atoms with Gasteiger partial charge in [-0.2, -0.15) is 0 Å². The Labute approximate surface area is 115 Å². The lowest BCUT2D eigenvalue weighted by molar-refractivity contribution is 0.631. The van der Waals surface area contributed by atoms with E-state index in [1.165, 1.54) is 17.4 Å². The van der Waals surface area contributed by atoms with Crippen LogP contribution < -0.4 is 5.32 Å². The monoisotopic (exact) mass is 284 g/mol.